The number of ether oxygens (including phenoxy) is 1. The quantitative estimate of drug-likeness (QED) is 0.657. The van der Waals surface area contributed by atoms with Crippen molar-refractivity contribution in [3.8, 4) is 5.75 Å². The number of sulfonamides is 1. The molecular weight excluding hydrogens is 388 g/mol. The van der Waals surface area contributed by atoms with Crippen LogP contribution in [0.1, 0.15) is 20.8 Å². The van der Waals surface area contributed by atoms with Gasteiger partial charge in [-0.15, -0.1) is 0 Å². The molecule has 0 radical (unpaired) electrons. The van der Waals surface area contributed by atoms with Crippen molar-refractivity contribution in [2.75, 3.05) is 55.7 Å². The maximum absolute atomic E-state index is 12.6. The molecule has 1 aromatic carbocycles. The Morgan fingerprint density at radius 2 is 1.62 bits per heavy atom. The second-order valence-corrected chi connectivity index (χ2v) is 8.81. The Hall–Kier alpha value is -2.32. The van der Waals surface area contributed by atoms with E-state index >= 15 is 0 Å². The third-order valence-electron chi connectivity index (χ3n) is 5.24. The van der Waals surface area contributed by atoms with Gasteiger partial charge in [0.1, 0.15) is 29.9 Å². The lowest BCUT2D eigenvalue weighted by atomic mass is 10.2. The van der Waals surface area contributed by atoms with E-state index in [2.05, 4.69) is 20.9 Å². The van der Waals surface area contributed by atoms with Gasteiger partial charge in [-0.2, -0.15) is 4.31 Å². The summed E-state index contributed by atoms with van der Waals surface area (Å²) in [4.78, 5) is 8.06. The first-order chi connectivity index (χ1) is 14.0. The van der Waals surface area contributed by atoms with E-state index in [1.807, 2.05) is 45.0 Å². The summed E-state index contributed by atoms with van der Waals surface area (Å²) < 4.78 is 32.5. The Labute approximate surface area is 174 Å². The van der Waals surface area contributed by atoms with Crippen LogP contribution < -0.4 is 19.5 Å². The van der Waals surface area contributed by atoms with Crippen LogP contribution in [0.5, 0.6) is 5.75 Å². The minimum Gasteiger partial charge on any atom is -0.492 e. The molecule has 1 aromatic heterocycles. The van der Waals surface area contributed by atoms with Crippen LogP contribution in [0.25, 0.3) is 0 Å². The summed E-state index contributed by atoms with van der Waals surface area (Å²) >= 11 is 0. The average molecular weight is 420 g/mol. The fraction of sp³-hybridized carbons (Fsp3) is 0.476. The summed E-state index contributed by atoms with van der Waals surface area (Å²) in [7, 11) is -3.44. The van der Waals surface area contributed by atoms with Gasteiger partial charge in [0, 0.05) is 19.2 Å². The maximum Gasteiger partial charge on any atom is 0.274 e. The van der Waals surface area contributed by atoms with Crippen LogP contribution in [0.2, 0.25) is 0 Å². The normalized spacial score (nSPS) is 15.0. The zero-order valence-electron chi connectivity index (χ0n) is 17.5. The highest BCUT2D eigenvalue weighted by Crippen LogP contribution is 2.29. The first kappa shape index (κ1) is 21.4. The van der Waals surface area contributed by atoms with Gasteiger partial charge in [0.2, 0.25) is 10.0 Å². The molecule has 8 heteroatoms. The van der Waals surface area contributed by atoms with E-state index in [9.17, 15) is 8.42 Å². The zero-order valence-corrected chi connectivity index (χ0v) is 18.3. The van der Waals surface area contributed by atoms with E-state index in [4.69, 9.17) is 4.74 Å². The highest BCUT2D eigenvalue weighted by atomic mass is 32.2. The third kappa shape index (κ3) is 4.64. The lowest BCUT2D eigenvalue weighted by molar-refractivity contribution is -0.367. The van der Waals surface area contributed by atoms with E-state index in [0.29, 0.717) is 24.6 Å². The van der Waals surface area contributed by atoms with Gasteiger partial charge in [-0.1, -0.05) is 26.0 Å². The Bertz CT molecular complexity index is 890. The van der Waals surface area contributed by atoms with Crippen LogP contribution in [0.15, 0.2) is 47.5 Å². The summed E-state index contributed by atoms with van der Waals surface area (Å²) in [5.41, 5.74) is 1.12. The molecule has 1 fully saturated rings. The summed E-state index contributed by atoms with van der Waals surface area (Å²) in [6.07, 6.45) is 1.60. The number of hydrogen-bond acceptors (Lipinski definition) is 5. The van der Waals surface area contributed by atoms with E-state index in [0.717, 1.165) is 43.4 Å². The summed E-state index contributed by atoms with van der Waals surface area (Å²) in [5, 5.41) is 0. The van der Waals surface area contributed by atoms with Gasteiger partial charge in [0.15, 0.2) is 0 Å². The molecule has 158 valence electrons. The molecule has 0 amide bonds. The molecule has 1 saturated heterocycles. The second-order valence-electron chi connectivity index (χ2n) is 6.87. The highest BCUT2D eigenvalue weighted by molar-refractivity contribution is 7.89. The summed E-state index contributed by atoms with van der Waals surface area (Å²) in [6.45, 7) is 10.7. The molecule has 0 saturated carbocycles. The number of aromatic amines is 1. The van der Waals surface area contributed by atoms with Crippen molar-refractivity contribution < 1.29 is 18.1 Å². The first-order valence-electron chi connectivity index (χ1n) is 10.2. The van der Waals surface area contributed by atoms with Crippen LogP contribution in [-0.2, 0) is 10.0 Å². The number of benzene rings is 1. The molecule has 29 heavy (non-hydrogen) atoms. The van der Waals surface area contributed by atoms with Crippen LogP contribution in [-0.4, -0.2) is 58.6 Å². The van der Waals surface area contributed by atoms with Crippen molar-refractivity contribution in [2.45, 2.75) is 25.7 Å². The van der Waals surface area contributed by atoms with Crippen LogP contribution in [0.3, 0.4) is 0 Å². The van der Waals surface area contributed by atoms with Gasteiger partial charge in [-0.05, 0) is 25.1 Å². The predicted octanol–water partition coefficient (Wildman–Crippen LogP) is 2.26. The minimum atomic E-state index is -3.44. The van der Waals surface area contributed by atoms with Crippen molar-refractivity contribution in [2.24, 2.45) is 0 Å². The number of nitrogens with one attached hydrogen (secondary N) is 1. The van der Waals surface area contributed by atoms with Crippen molar-refractivity contribution >= 4 is 21.5 Å². The molecule has 3 rings (SSSR count). The van der Waals surface area contributed by atoms with Crippen LogP contribution >= 0.6 is 0 Å². The van der Waals surface area contributed by atoms with Gasteiger partial charge < -0.3 is 9.64 Å². The monoisotopic (exact) mass is 419 g/mol. The van der Waals surface area contributed by atoms with E-state index in [1.165, 1.54) is 4.31 Å². The SMILES string of the molecule is CCOc1ccccc1N1CCN(c2ccc(S(=O)(=O)N(CC)CC)c[nH+]2)CC1. The van der Waals surface area contributed by atoms with Gasteiger partial charge in [0.05, 0.1) is 25.4 Å². The number of nitrogens with zero attached hydrogens (tertiary/aromatic N) is 3. The Morgan fingerprint density at radius 3 is 2.21 bits per heavy atom. The maximum atomic E-state index is 12.6. The number of hydrogen-bond donors (Lipinski definition) is 0. The second kappa shape index (κ2) is 9.45. The molecule has 2 heterocycles. The first-order valence-corrected chi connectivity index (χ1v) is 11.7. The van der Waals surface area contributed by atoms with Crippen molar-refractivity contribution in [1.82, 2.24) is 4.31 Å². The van der Waals surface area contributed by atoms with Gasteiger partial charge in [-0.25, -0.2) is 13.4 Å². The summed E-state index contributed by atoms with van der Waals surface area (Å²) in [6, 6.07) is 11.7. The number of para-hydroxylation sites is 2. The molecule has 0 bridgehead atoms. The molecule has 1 N–H and O–H groups in total. The molecule has 0 atom stereocenters. The van der Waals surface area contributed by atoms with Crippen LogP contribution in [0.4, 0.5) is 11.5 Å². The highest BCUT2D eigenvalue weighted by Gasteiger charge is 2.27. The standard InChI is InChI=1S/C21H30N4O3S/c1-4-25(5-2)29(26,27)18-11-12-21(22-17-18)24-15-13-23(14-16-24)19-9-7-8-10-20(19)28-6-3/h7-12,17H,4-6,13-16H2,1-3H3/p+1. The Kier molecular flexibility index (Phi) is 6.97. The summed E-state index contributed by atoms with van der Waals surface area (Å²) in [5.74, 6) is 1.85. The molecule has 1 aliphatic rings. The fourth-order valence-corrected chi connectivity index (χ4v) is 5.08. The number of H-pyrrole nitrogens is 1. The van der Waals surface area contributed by atoms with Gasteiger partial charge in [0.25, 0.3) is 5.82 Å². The number of rotatable bonds is 8. The topological polar surface area (TPSA) is 67.2 Å². The molecule has 0 aliphatic carbocycles. The van der Waals surface area contributed by atoms with Gasteiger partial charge in [-0.3, -0.25) is 4.90 Å². The molecule has 7 nitrogen and oxygen atoms in total. The minimum absolute atomic E-state index is 0.300. The van der Waals surface area contributed by atoms with Crippen molar-refractivity contribution in [3.63, 3.8) is 0 Å². The molecule has 0 unspecified atom stereocenters. The molecule has 0 spiro atoms. The van der Waals surface area contributed by atoms with Crippen molar-refractivity contribution in [1.29, 1.82) is 0 Å². The lowest BCUT2D eigenvalue weighted by Gasteiger charge is -2.33. The van der Waals surface area contributed by atoms with E-state index in [1.54, 1.807) is 12.3 Å². The predicted molar refractivity (Wildman–Crippen MR) is 115 cm³/mol. The van der Waals surface area contributed by atoms with E-state index < -0.39 is 10.0 Å². The molecule has 2 aromatic rings. The van der Waals surface area contributed by atoms with Gasteiger partial charge >= 0.3 is 0 Å². The lowest BCUT2D eigenvalue weighted by Crippen LogP contribution is -2.48. The molecule has 1 aliphatic heterocycles. The smallest absolute Gasteiger partial charge is 0.274 e. The Balaban J connectivity index is 1.67. The number of aromatic nitrogens is 1. The Morgan fingerprint density at radius 1 is 0.966 bits per heavy atom. The third-order valence-corrected chi connectivity index (χ3v) is 7.28. The van der Waals surface area contributed by atoms with Crippen LogP contribution in [0, 0.1) is 0 Å². The average Bonchev–Trinajstić information content (AvgIpc) is 2.75. The largest absolute Gasteiger partial charge is 0.492 e. The van der Waals surface area contributed by atoms with Crippen molar-refractivity contribution in [3.05, 3.63) is 42.6 Å². The van der Waals surface area contributed by atoms with E-state index in [-0.39, 0.29) is 0 Å². The number of piperazine rings is 1. The zero-order chi connectivity index (χ0) is 20.9. The molecular formula is C21H31N4O3S+. The number of anilines is 2. The fourth-order valence-electron chi connectivity index (χ4n) is 3.66. The number of pyridine rings is 1.